The summed E-state index contributed by atoms with van der Waals surface area (Å²) in [6, 6.07) is 8.93. The van der Waals surface area contributed by atoms with Crippen molar-refractivity contribution in [3.05, 3.63) is 35.4 Å². The first-order valence-electron chi connectivity index (χ1n) is 6.28. The van der Waals surface area contributed by atoms with E-state index in [4.69, 9.17) is 11.5 Å². The fourth-order valence-electron chi connectivity index (χ4n) is 1.86. The predicted molar refractivity (Wildman–Crippen MR) is 70.4 cm³/mol. The molecule has 4 N–H and O–H groups in total. The summed E-state index contributed by atoms with van der Waals surface area (Å²) >= 11 is 0. The molecule has 2 nitrogen and oxygen atoms in total. The summed E-state index contributed by atoms with van der Waals surface area (Å²) in [5.74, 6) is 0.468. The highest BCUT2D eigenvalue weighted by Crippen LogP contribution is 2.11. The SMILES string of the molecule is CCCc1ccc(CCC(CN)CN)cc1. The third-order valence-corrected chi connectivity index (χ3v) is 3.07. The van der Waals surface area contributed by atoms with Gasteiger partial charge in [-0.3, -0.25) is 0 Å². The molecule has 0 amide bonds. The van der Waals surface area contributed by atoms with Crippen molar-refractivity contribution < 1.29 is 0 Å². The first-order chi connectivity index (χ1) is 7.80. The lowest BCUT2D eigenvalue weighted by Crippen LogP contribution is -2.23. The van der Waals surface area contributed by atoms with Crippen LogP contribution >= 0.6 is 0 Å². The van der Waals surface area contributed by atoms with Crippen molar-refractivity contribution in [2.45, 2.75) is 32.6 Å². The maximum atomic E-state index is 5.63. The van der Waals surface area contributed by atoms with Crippen LogP contribution in [0, 0.1) is 5.92 Å². The van der Waals surface area contributed by atoms with E-state index in [1.54, 1.807) is 0 Å². The Bertz CT molecular complexity index is 275. The zero-order chi connectivity index (χ0) is 11.8. The quantitative estimate of drug-likeness (QED) is 0.739. The number of nitrogens with two attached hydrogens (primary N) is 2. The van der Waals surface area contributed by atoms with Gasteiger partial charge in [-0.05, 0) is 49.4 Å². The summed E-state index contributed by atoms with van der Waals surface area (Å²) < 4.78 is 0. The summed E-state index contributed by atoms with van der Waals surface area (Å²) in [6.07, 6.45) is 4.57. The molecule has 0 atom stereocenters. The van der Waals surface area contributed by atoms with E-state index < -0.39 is 0 Å². The third kappa shape index (κ3) is 4.33. The Kier molecular flexibility index (Phi) is 6.12. The van der Waals surface area contributed by atoms with E-state index >= 15 is 0 Å². The van der Waals surface area contributed by atoms with Crippen LogP contribution in [-0.2, 0) is 12.8 Å². The maximum Gasteiger partial charge on any atom is -0.00367 e. The number of aryl methyl sites for hydroxylation is 2. The van der Waals surface area contributed by atoms with E-state index in [0.717, 1.165) is 12.8 Å². The van der Waals surface area contributed by atoms with E-state index in [1.165, 1.54) is 24.0 Å². The Morgan fingerprint density at radius 1 is 0.938 bits per heavy atom. The van der Waals surface area contributed by atoms with Crippen molar-refractivity contribution in [3.63, 3.8) is 0 Å². The van der Waals surface area contributed by atoms with E-state index in [1.807, 2.05) is 0 Å². The van der Waals surface area contributed by atoms with Gasteiger partial charge in [0.25, 0.3) is 0 Å². The van der Waals surface area contributed by atoms with Gasteiger partial charge in [0.2, 0.25) is 0 Å². The molecular weight excluding hydrogens is 196 g/mol. The molecule has 0 aliphatic carbocycles. The maximum absolute atomic E-state index is 5.63. The molecule has 0 aliphatic rings. The molecule has 1 aromatic carbocycles. The molecule has 0 aliphatic heterocycles. The van der Waals surface area contributed by atoms with Crippen molar-refractivity contribution >= 4 is 0 Å². The molecule has 0 aromatic heterocycles. The highest BCUT2D eigenvalue weighted by Gasteiger charge is 2.04. The Labute approximate surface area is 99.0 Å². The monoisotopic (exact) mass is 220 g/mol. The van der Waals surface area contributed by atoms with Crippen molar-refractivity contribution in [1.82, 2.24) is 0 Å². The van der Waals surface area contributed by atoms with Gasteiger partial charge in [0.1, 0.15) is 0 Å². The van der Waals surface area contributed by atoms with Crippen LogP contribution in [0.25, 0.3) is 0 Å². The van der Waals surface area contributed by atoms with Gasteiger partial charge in [0.05, 0.1) is 0 Å². The second-order valence-electron chi connectivity index (χ2n) is 4.44. The van der Waals surface area contributed by atoms with E-state index in [2.05, 4.69) is 31.2 Å². The van der Waals surface area contributed by atoms with E-state index in [0.29, 0.717) is 19.0 Å². The molecule has 16 heavy (non-hydrogen) atoms. The van der Waals surface area contributed by atoms with E-state index in [-0.39, 0.29) is 0 Å². The van der Waals surface area contributed by atoms with Crippen LogP contribution in [0.15, 0.2) is 24.3 Å². The molecule has 2 heteroatoms. The topological polar surface area (TPSA) is 52.0 Å². The largest absolute Gasteiger partial charge is 0.330 e. The van der Waals surface area contributed by atoms with Crippen molar-refractivity contribution in [1.29, 1.82) is 0 Å². The summed E-state index contributed by atoms with van der Waals surface area (Å²) in [4.78, 5) is 0. The average molecular weight is 220 g/mol. The summed E-state index contributed by atoms with van der Waals surface area (Å²) in [5, 5.41) is 0. The smallest absolute Gasteiger partial charge is 0.00367 e. The molecule has 1 aromatic rings. The first-order valence-corrected chi connectivity index (χ1v) is 6.28. The molecule has 0 heterocycles. The van der Waals surface area contributed by atoms with Gasteiger partial charge in [0.15, 0.2) is 0 Å². The third-order valence-electron chi connectivity index (χ3n) is 3.07. The van der Waals surface area contributed by atoms with Gasteiger partial charge >= 0.3 is 0 Å². The average Bonchev–Trinajstić information content (AvgIpc) is 2.33. The molecule has 0 radical (unpaired) electrons. The Morgan fingerprint density at radius 3 is 1.88 bits per heavy atom. The fourth-order valence-corrected chi connectivity index (χ4v) is 1.86. The van der Waals surface area contributed by atoms with Crippen LogP contribution in [-0.4, -0.2) is 13.1 Å². The van der Waals surface area contributed by atoms with E-state index in [9.17, 15) is 0 Å². The number of rotatable bonds is 7. The lowest BCUT2D eigenvalue weighted by atomic mass is 9.98. The van der Waals surface area contributed by atoms with Crippen LogP contribution < -0.4 is 11.5 Å². The second-order valence-corrected chi connectivity index (χ2v) is 4.44. The van der Waals surface area contributed by atoms with Crippen LogP contribution in [0.2, 0.25) is 0 Å². The van der Waals surface area contributed by atoms with Crippen LogP contribution in [0.5, 0.6) is 0 Å². The summed E-state index contributed by atoms with van der Waals surface area (Å²) in [5.41, 5.74) is 14.1. The van der Waals surface area contributed by atoms with Crippen molar-refractivity contribution in [2.75, 3.05) is 13.1 Å². The normalized spacial score (nSPS) is 11.0. The molecular formula is C14H24N2. The summed E-state index contributed by atoms with van der Waals surface area (Å²) in [6.45, 7) is 3.61. The highest BCUT2D eigenvalue weighted by molar-refractivity contribution is 5.22. The fraction of sp³-hybridized carbons (Fsp3) is 0.571. The van der Waals surface area contributed by atoms with Gasteiger partial charge in [-0.25, -0.2) is 0 Å². The molecule has 0 bridgehead atoms. The highest BCUT2D eigenvalue weighted by atomic mass is 14.6. The van der Waals surface area contributed by atoms with Gasteiger partial charge in [-0.15, -0.1) is 0 Å². The van der Waals surface area contributed by atoms with Gasteiger partial charge < -0.3 is 11.5 Å². The van der Waals surface area contributed by atoms with Gasteiger partial charge in [-0.1, -0.05) is 37.6 Å². The predicted octanol–water partition coefficient (Wildman–Crippen LogP) is 2.11. The van der Waals surface area contributed by atoms with Crippen LogP contribution in [0.1, 0.15) is 30.9 Å². The molecule has 0 spiro atoms. The Morgan fingerprint density at radius 2 is 1.44 bits per heavy atom. The molecule has 0 fully saturated rings. The standard InChI is InChI=1S/C14H24N2/c1-2-3-12-4-6-13(7-5-12)8-9-14(10-15)11-16/h4-7,14H,2-3,8-11,15-16H2,1H3. The lowest BCUT2D eigenvalue weighted by Gasteiger charge is -2.11. The van der Waals surface area contributed by atoms with Crippen LogP contribution in [0.4, 0.5) is 0 Å². The van der Waals surface area contributed by atoms with Gasteiger partial charge in [0, 0.05) is 0 Å². The number of hydrogen-bond donors (Lipinski definition) is 2. The molecule has 1 rings (SSSR count). The lowest BCUT2D eigenvalue weighted by molar-refractivity contribution is 0.508. The number of benzene rings is 1. The summed E-state index contributed by atoms with van der Waals surface area (Å²) in [7, 11) is 0. The minimum atomic E-state index is 0.468. The Balaban J connectivity index is 2.42. The zero-order valence-corrected chi connectivity index (χ0v) is 10.3. The van der Waals surface area contributed by atoms with Crippen LogP contribution in [0.3, 0.4) is 0 Å². The minimum absolute atomic E-state index is 0.468. The molecule has 0 unspecified atom stereocenters. The minimum Gasteiger partial charge on any atom is -0.330 e. The second kappa shape index (κ2) is 7.42. The number of hydrogen-bond acceptors (Lipinski definition) is 2. The zero-order valence-electron chi connectivity index (χ0n) is 10.3. The van der Waals surface area contributed by atoms with Crippen molar-refractivity contribution in [2.24, 2.45) is 17.4 Å². The first kappa shape index (κ1) is 13.2. The molecule has 90 valence electrons. The Hall–Kier alpha value is -0.860. The molecule has 0 saturated carbocycles. The molecule has 0 saturated heterocycles. The van der Waals surface area contributed by atoms with Gasteiger partial charge in [-0.2, -0.15) is 0 Å². The van der Waals surface area contributed by atoms with Crippen molar-refractivity contribution in [3.8, 4) is 0 Å².